The summed E-state index contributed by atoms with van der Waals surface area (Å²) < 4.78 is 2.08. The second-order valence-corrected chi connectivity index (χ2v) is 5.48. The second-order valence-electron chi connectivity index (χ2n) is 5.09. The monoisotopic (exact) mass is 325 g/mol. The fourth-order valence-corrected chi connectivity index (χ4v) is 2.36. The summed E-state index contributed by atoms with van der Waals surface area (Å²) in [5.41, 5.74) is 2.75. The molecule has 2 heterocycles. The van der Waals surface area contributed by atoms with Crippen LogP contribution in [0.3, 0.4) is 0 Å². The maximum atomic E-state index is 12.2. The first-order chi connectivity index (χ1) is 11.1. The van der Waals surface area contributed by atoms with Crippen molar-refractivity contribution >= 4 is 23.8 Å². The van der Waals surface area contributed by atoms with Gasteiger partial charge in [-0.05, 0) is 31.3 Å². The number of nitrogens with one attached hydrogen (secondary N) is 2. The summed E-state index contributed by atoms with van der Waals surface area (Å²) >= 11 is 5.24. The number of H-pyrrole nitrogens is 1. The molecule has 0 unspecified atom stereocenters. The van der Waals surface area contributed by atoms with Crippen molar-refractivity contribution in [2.45, 2.75) is 13.5 Å². The van der Waals surface area contributed by atoms with Gasteiger partial charge in [-0.2, -0.15) is 5.10 Å². The number of aryl methyl sites for hydroxylation is 1. The van der Waals surface area contributed by atoms with Crippen molar-refractivity contribution in [1.29, 1.82) is 0 Å². The number of rotatable bonds is 4. The quantitative estimate of drug-likeness (QED) is 0.723. The number of pyridine rings is 1. The van der Waals surface area contributed by atoms with Gasteiger partial charge in [0.1, 0.15) is 6.54 Å². The van der Waals surface area contributed by atoms with E-state index in [0.29, 0.717) is 16.3 Å². The highest BCUT2D eigenvalue weighted by molar-refractivity contribution is 7.71. The zero-order valence-electron chi connectivity index (χ0n) is 12.5. The smallest absolute Gasteiger partial charge is 0.244 e. The Balaban J connectivity index is 1.83. The van der Waals surface area contributed by atoms with Crippen LogP contribution in [0.15, 0.2) is 48.8 Å². The fourth-order valence-electron chi connectivity index (χ4n) is 2.17. The molecular formula is C16H15N5OS. The third-order valence-electron chi connectivity index (χ3n) is 3.33. The number of amides is 1. The first kappa shape index (κ1) is 15.1. The Hall–Kier alpha value is -2.80. The number of nitrogens with zero attached hydrogens (tertiary/aromatic N) is 3. The topological polar surface area (TPSA) is 75.6 Å². The fraction of sp³-hybridized carbons (Fsp3) is 0.125. The summed E-state index contributed by atoms with van der Waals surface area (Å²) in [4.78, 5) is 16.1. The van der Waals surface area contributed by atoms with Gasteiger partial charge < -0.3 is 5.32 Å². The number of anilines is 1. The van der Waals surface area contributed by atoms with Crippen LogP contribution < -0.4 is 5.32 Å². The highest BCUT2D eigenvalue weighted by Gasteiger charge is 2.12. The van der Waals surface area contributed by atoms with E-state index in [1.165, 1.54) is 0 Å². The van der Waals surface area contributed by atoms with E-state index in [-0.39, 0.29) is 12.5 Å². The molecule has 0 bridgehead atoms. The molecule has 2 N–H and O–H groups in total. The van der Waals surface area contributed by atoms with Crippen LogP contribution in [0.25, 0.3) is 11.4 Å². The Bertz CT molecular complexity index is 867. The van der Waals surface area contributed by atoms with Gasteiger partial charge in [0.2, 0.25) is 5.91 Å². The van der Waals surface area contributed by atoms with Gasteiger partial charge in [0, 0.05) is 23.6 Å². The first-order valence-corrected chi connectivity index (χ1v) is 7.46. The third-order valence-corrected chi connectivity index (χ3v) is 3.65. The number of aromatic nitrogens is 4. The minimum atomic E-state index is -0.179. The molecule has 0 saturated carbocycles. The van der Waals surface area contributed by atoms with E-state index in [1.807, 2.05) is 31.2 Å². The molecule has 0 radical (unpaired) electrons. The van der Waals surface area contributed by atoms with E-state index in [2.05, 4.69) is 20.5 Å². The summed E-state index contributed by atoms with van der Waals surface area (Å²) in [6.45, 7) is 2.10. The van der Waals surface area contributed by atoms with Gasteiger partial charge in [-0.25, -0.2) is 0 Å². The third kappa shape index (κ3) is 3.51. The van der Waals surface area contributed by atoms with Crippen molar-refractivity contribution in [3.8, 4) is 11.4 Å². The molecule has 0 aliphatic heterocycles. The predicted molar refractivity (Wildman–Crippen MR) is 90.5 cm³/mol. The second kappa shape index (κ2) is 6.53. The van der Waals surface area contributed by atoms with Crippen molar-refractivity contribution in [3.05, 3.63) is 59.1 Å². The zero-order valence-corrected chi connectivity index (χ0v) is 13.3. The van der Waals surface area contributed by atoms with Crippen LogP contribution >= 0.6 is 12.2 Å². The van der Waals surface area contributed by atoms with Crippen LogP contribution in [-0.4, -0.2) is 25.7 Å². The molecule has 3 rings (SSSR count). The minimum absolute atomic E-state index is 0.0842. The number of aromatic amines is 1. The van der Waals surface area contributed by atoms with Crippen molar-refractivity contribution in [1.82, 2.24) is 19.7 Å². The van der Waals surface area contributed by atoms with E-state index in [9.17, 15) is 4.79 Å². The number of carbonyl (C=O) groups excluding carboxylic acids is 1. The highest BCUT2D eigenvalue weighted by Crippen LogP contribution is 2.18. The van der Waals surface area contributed by atoms with Crippen LogP contribution in [0.1, 0.15) is 5.56 Å². The van der Waals surface area contributed by atoms with Gasteiger partial charge in [0.15, 0.2) is 10.6 Å². The summed E-state index contributed by atoms with van der Waals surface area (Å²) in [7, 11) is 0. The Morgan fingerprint density at radius 2 is 1.91 bits per heavy atom. The molecule has 116 valence electrons. The van der Waals surface area contributed by atoms with Gasteiger partial charge in [-0.15, -0.1) is 0 Å². The van der Waals surface area contributed by atoms with Crippen LogP contribution in [0.2, 0.25) is 0 Å². The van der Waals surface area contributed by atoms with Crippen molar-refractivity contribution in [2.75, 3.05) is 5.32 Å². The molecule has 2 aromatic heterocycles. The predicted octanol–water partition coefficient (Wildman–Crippen LogP) is 2.95. The lowest BCUT2D eigenvalue weighted by Crippen LogP contribution is -2.19. The molecule has 1 aromatic carbocycles. The van der Waals surface area contributed by atoms with Crippen molar-refractivity contribution in [2.24, 2.45) is 0 Å². The van der Waals surface area contributed by atoms with Crippen molar-refractivity contribution in [3.63, 3.8) is 0 Å². The van der Waals surface area contributed by atoms with Gasteiger partial charge in [-0.3, -0.25) is 19.4 Å². The maximum absolute atomic E-state index is 12.2. The average Bonchev–Trinajstić information content (AvgIpc) is 2.90. The molecule has 7 heteroatoms. The summed E-state index contributed by atoms with van der Waals surface area (Å²) in [5.74, 6) is 0.460. The van der Waals surface area contributed by atoms with E-state index >= 15 is 0 Å². The molecule has 23 heavy (non-hydrogen) atoms. The summed E-state index contributed by atoms with van der Waals surface area (Å²) in [6, 6.07) is 11.4. The molecule has 0 saturated heterocycles. The van der Waals surface area contributed by atoms with E-state index < -0.39 is 0 Å². The van der Waals surface area contributed by atoms with E-state index in [4.69, 9.17) is 12.2 Å². The molecule has 1 amide bonds. The molecular weight excluding hydrogens is 310 g/mol. The maximum Gasteiger partial charge on any atom is 0.244 e. The van der Waals surface area contributed by atoms with Gasteiger partial charge >= 0.3 is 0 Å². The Labute approximate surface area is 138 Å². The number of carbonyl (C=O) groups is 1. The molecule has 0 aliphatic carbocycles. The lowest BCUT2D eigenvalue weighted by molar-refractivity contribution is -0.116. The molecule has 0 spiro atoms. The average molecular weight is 325 g/mol. The van der Waals surface area contributed by atoms with E-state index in [0.717, 1.165) is 11.1 Å². The highest BCUT2D eigenvalue weighted by atomic mass is 32.1. The lowest BCUT2D eigenvalue weighted by Gasteiger charge is -2.08. The molecule has 0 aliphatic rings. The minimum Gasteiger partial charge on any atom is -0.324 e. The first-order valence-electron chi connectivity index (χ1n) is 7.05. The van der Waals surface area contributed by atoms with Gasteiger partial charge in [0.05, 0.1) is 0 Å². The normalized spacial score (nSPS) is 10.5. The summed E-state index contributed by atoms with van der Waals surface area (Å²) in [6.07, 6.45) is 3.24. The van der Waals surface area contributed by atoms with E-state index in [1.54, 1.807) is 29.1 Å². The van der Waals surface area contributed by atoms with Gasteiger partial charge in [0.25, 0.3) is 0 Å². The molecule has 6 nitrogen and oxygen atoms in total. The van der Waals surface area contributed by atoms with Crippen LogP contribution in [0.5, 0.6) is 0 Å². The SMILES string of the molecule is Cc1ccc(-c2n[nH]c(=S)n2CC(=O)Nc2ccncc2)cc1. The summed E-state index contributed by atoms with van der Waals surface area (Å²) in [5, 5.41) is 9.78. The Morgan fingerprint density at radius 3 is 2.61 bits per heavy atom. The van der Waals surface area contributed by atoms with Crippen molar-refractivity contribution < 1.29 is 4.79 Å². The zero-order chi connectivity index (χ0) is 16.2. The number of hydrogen-bond acceptors (Lipinski definition) is 4. The Kier molecular flexibility index (Phi) is 4.29. The Morgan fingerprint density at radius 1 is 1.22 bits per heavy atom. The molecule has 0 fully saturated rings. The molecule has 0 atom stereocenters. The van der Waals surface area contributed by atoms with Gasteiger partial charge in [-0.1, -0.05) is 29.8 Å². The molecule has 3 aromatic rings. The number of hydrogen-bond donors (Lipinski definition) is 2. The largest absolute Gasteiger partial charge is 0.324 e. The standard InChI is InChI=1S/C16H15N5OS/c1-11-2-4-12(5-3-11)15-19-20-16(23)21(15)10-14(22)18-13-6-8-17-9-7-13/h2-9H,10H2,1H3,(H,20,23)(H,17,18,22). The lowest BCUT2D eigenvalue weighted by atomic mass is 10.1. The van der Waals surface area contributed by atoms with Crippen LogP contribution in [0.4, 0.5) is 5.69 Å². The van der Waals surface area contributed by atoms with Crippen LogP contribution in [-0.2, 0) is 11.3 Å². The van der Waals surface area contributed by atoms with Crippen LogP contribution in [0, 0.1) is 11.7 Å². The number of benzene rings is 1.